The van der Waals surface area contributed by atoms with E-state index in [2.05, 4.69) is 51.5 Å². The van der Waals surface area contributed by atoms with Gasteiger partial charge in [-0.2, -0.15) is 4.98 Å². The molecule has 0 spiro atoms. The van der Waals surface area contributed by atoms with Gasteiger partial charge in [0.1, 0.15) is 5.82 Å². The first-order valence-corrected chi connectivity index (χ1v) is 9.56. The summed E-state index contributed by atoms with van der Waals surface area (Å²) < 4.78 is 0. The summed E-state index contributed by atoms with van der Waals surface area (Å²) in [5.74, 6) is -0.0560. The van der Waals surface area contributed by atoms with E-state index in [0.29, 0.717) is 17.5 Å². The first-order chi connectivity index (χ1) is 14.0. The number of nitrogens with one attached hydrogen (secondary N) is 2. The molecule has 3 rings (SSSR count). The Labute approximate surface area is 170 Å². The van der Waals surface area contributed by atoms with E-state index in [9.17, 15) is 9.90 Å². The van der Waals surface area contributed by atoms with Gasteiger partial charge in [0.15, 0.2) is 0 Å². The zero-order valence-electron chi connectivity index (χ0n) is 16.8. The highest BCUT2D eigenvalue weighted by Gasteiger charge is 2.11. The number of hydrogen-bond acceptors (Lipinski definition) is 6. The van der Waals surface area contributed by atoms with Gasteiger partial charge in [-0.3, -0.25) is 0 Å². The number of hydrogen-bond donors (Lipinski definition) is 3. The molecule has 150 valence electrons. The number of carboxylic acids is 1. The second kappa shape index (κ2) is 9.05. The van der Waals surface area contributed by atoms with Crippen molar-refractivity contribution in [1.29, 1.82) is 0 Å². The molecule has 1 aromatic heterocycles. The lowest BCUT2D eigenvalue weighted by Crippen LogP contribution is -2.21. The average molecular weight is 391 g/mol. The molecule has 0 fully saturated rings. The lowest BCUT2D eigenvalue weighted by molar-refractivity contribution is 0.0698. The van der Waals surface area contributed by atoms with Gasteiger partial charge in [-0.05, 0) is 62.7 Å². The summed E-state index contributed by atoms with van der Waals surface area (Å²) in [5.41, 5.74) is 3.85. The van der Waals surface area contributed by atoms with Crippen molar-refractivity contribution in [3.8, 4) is 0 Å². The average Bonchev–Trinajstić information content (AvgIpc) is 2.71. The quantitative estimate of drug-likeness (QED) is 0.507. The number of aromatic carboxylic acids is 1. The minimum atomic E-state index is -0.996. The van der Waals surface area contributed by atoms with Gasteiger partial charge in [-0.25, -0.2) is 9.78 Å². The maximum atomic E-state index is 11.4. The van der Waals surface area contributed by atoms with Crippen LogP contribution in [0.1, 0.15) is 29.8 Å². The largest absolute Gasteiger partial charge is 0.478 e. The zero-order chi connectivity index (χ0) is 20.8. The van der Waals surface area contributed by atoms with Crippen molar-refractivity contribution in [2.24, 2.45) is 0 Å². The normalized spacial score (nSPS) is 10.4. The van der Waals surface area contributed by atoms with Crippen LogP contribution in [0.15, 0.2) is 54.7 Å². The van der Waals surface area contributed by atoms with Crippen molar-refractivity contribution < 1.29 is 9.90 Å². The minimum Gasteiger partial charge on any atom is -0.478 e. The molecule has 7 nitrogen and oxygen atoms in total. The van der Waals surface area contributed by atoms with Gasteiger partial charge in [-0.1, -0.05) is 12.1 Å². The van der Waals surface area contributed by atoms with Gasteiger partial charge in [-0.15, -0.1) is 0 Å². The third-order valence-corrected chi connectivity index (χ3v) is 4.66. The number of aromatic nitrogens is 2. The molecular weight excluding hydrogens is 366 g/mol. The van der Waals surface area contributed by atoms with Crippen molar-refractivity contribution in [3.05, 3.63) is 65.9 Å². The van der Waals surface area contributed by atoms with Crippen LogP contribution in [0.25, 0.3) is 0 Å². The lowest BCUT2D eigenvalue weighted by atomic mass is 10.1. The van der Waals surface area contributed by atoms with Gasteiger partial charge in [0.05, 0.1) is 11.3 Å². The number of para-hydroxylation sites is 1. The molecule has 0 atom stereocenters. The zero-order valence-corrected chi connectivity index (χ0v) is 16.8. The van der Waals surface area contributed by atoms with Crippen molar-refractivity contribution in [2.75, 3.05) is 28.6 Å². The number of rotatable bonds is 8. The van der Waals surface area contributed by atoms with E-state index in [1.54, 1.807) is 36.5 Å². The smallest absolute Gasteiger partial charge is 0.337 e. The molecule has 0 saturated heterocycles. The van der Waals surface area contributed by atoms with Crippen LogP contribution in [0.4, 0.5) is 28.8 Å². The summed E-state index contributed by atoms with van der Waals surface area (Å²) >= 11 is 0. The van der Waals surface area contributed by atoms with Gasteiger partial charge in [0, 0.05) is 30.7 Å². The van der Waals surface area contributed by atoms with Crippen molar-refractivity contribution in [1.82, 2.24) is 9.97 Å². The van der Waals surface area contributed by atoms with E-state index in [0.717, 1.165) is 24.3 Å². The molecule has 0 amide bonds. The van der Waals surface area contributed by atoms with Gasteiger partial charge < -0.3 is 20.6 Å². The Morgan fingerprint density at radius 3 is 2.48 bits per heavy atom. The molecule has 0 aliphatic heterocycles. The number of carboxylic acid groups (broad SMARTS) is 1. The standard InChI is InChI=1S/C22H25N5O2/c1-4-27(5-2)16-10-11-18(15(3)14-16)25-22-23-13-12-20(26-22)24-19-9-7-6-8-17(19)21(28)29/h6-14H,4-5H2,1-3H3,(H,28,29)(H2,23,24,25,26). The fourth-order valence-electron chi connectivity index (χ4n) is 3.10. The van der Waals surface area contributed by atoms with Gasteiger partial charge >= 0.3 is 5.97 Å². The van der Waals surface area contributed by atoms with Crippen LogP contribution in [0.3, 0.4) is 0 Å². The molecule has 0 aliphatic carbocycles. The molecule has 7 heteroatoms. The highest BCUT2D eigenvalue weighted by molar-refractivity contribution is 5.95. The summed E-state index contributed by atoms with van der Waals surface area (Å²) in [5, 5.41) is 15.6. The van der Waals surface area contributed by atoms with Crippen LogP contribution in [0.2, 0.25) is 0 Å². The van der Waals surface area contributed by atoms with Crippen molar-refractivity contribution in [2.45, 2.75) is 20.8 Å². The Hall–Kier alpha value is -3.61. The van der Waals surface area contributed by atoms with Crippen LogP contribution in [-0.4, -0.2) is 34.1 Å². The molecule has 29 heavy (non-hydrogen) atoms. The fraction of sp³-hybridized carbons (Fsp3) is 0.227. The summed E-state index contributed by atoms with van der Waals surface area (Å²) in [4.78, 5) is 22.4. The summed E-state index contributed by atoms with van der Waals surface area (Å²) in [6.45, 7) is 8.23. The predicted octanol–water partition coefficient (Wildman–Crippen LogP) is 4.82. The number of benzene rings is 2. The molecule has 1 heterocycles. The van der Waals surface area contributed by atoms with Crippen molar-refractivity contribution >= 4 is 34.8 Å². The maximum Gasteiger partial charge on any atom is 0.337 e. The fourth-order valence-corrected chi connectivity index (χ4v) is 3.10. The Morgan fingerprint density at radius 2 is 1.79 bits per heavy atom. The highest BCUT2D eigenvalue weighted by atomic mass is 16.4. The van der Waals surface area contributed by atoms with Crippen LogP contribution >= 0.6 is 0 Å². The molecule has 0 radical (unpaired) electrons. The first-order valence-electron chi connectivity index (χ1n) is 9.56. The molecule has 2 aromatic carbocycles. The Kier molecular flexibility index (Phi) is 6.29. The van der Waals surface area contributed by atoms with Crippen LogP contribution in [-0.2, 0) is 0 Å². The third-order valence-electron chi connectivity index (χ3n) is 4.66. The minimum absolute atomic E-state index is 0.184. The third kappa shape index (κ3) is 4.82. The second-order valence-electron chi connectivity index (χ2n) is 6.54. The summed E-state index contributed by atoms with van der Waals surface area (Å²) in [6.07, 6.45) is 1.63. The number of nitrogens with zero attached hydrogens (tertiary/aromatic N) is 3. The lowest BCUT2D eigenvalue weighted by Gasteiger charge is -2.22. The molecule has 3 N–H and O–H groups in total. The van der Waals surface area contributed by atoms with E-state index >= 15 is 0 Å². The molecule has 3 aromatic rings. The SMILES string of the molecule is CCN(CC)c1ccc(Nc2nccc(Nc3ccccc3C(=O)O)n2)c(C)c1. The number of carbonyl (C=O) groups is 1. The van der Waals surface area contributed by atoms with Crippen LogP contribution in [0, 0.1) is 6.92 Å². The maximum absolute atomic E-state index is 11.4. The van der Waals surface area contributed by atoms with E-state index in [1.165, 1.54) is 5.69 Å². The second-order valence-corrected chi connectivity index (χ2v) is 6.54. The van der Waals surface area contributed by atoms with E-state index in [4.69, 9.17) is 0 Å². The summed E-state index contributed by atoms with van der Waals surface area (Å²) in [7, 11) is 0. The number of aryl methyl sites for hydroxylation is 1. The topological polar surface area (TPSA) is 90.4 Å². The molecule has 0 aliphatic rings. The Bertz CT molecular complexity index is 1000. The molecule has 0 bridgehead atoms. The van der Waals surface area contributed by atoms with E-state index < -0.39 is 5.97 Å². The monoisotopic (exact) mass is 391 g/mol. The predicted molar refractivity (Wildman–Crippen MR) is 117 cm³/mol. The molecule has 0 saturated carbocycles. The summed E-state index contributed by atoms with van der Waals surface area (Å²) in [6, 6.07) is 14.6. The first kappa shape index (κ1) is 20.1. The van der Waals surface area contributed by atoms with E-state index in [-0.39, 0.29) is 5.56 Å². The molecule has 0 unspecified atom stereocenters. The van der Waals surface area contributed by atoms with E-state index in [1.807, 2.05) is 13.0 Å². The Balaban J connectivity index is 1.80. The van der Waals surface area contributed by atoms with Crippen molar-refractivity contribution in [3.63, 3.8) is 0 Å². The van der Waals surface area contributed by atoms with Crippen LogP contribution in [0.5, 0.6) is 0 Å². The molecular formula is C22H25N5O2. The number of anilines is 5. The highest BCUT2D eigenvalue weighted by Crippen LogP contribution is 2.25. The van der Waals surface area contributed by atoms with Gasteiger partial charge in [0.2, 0.25) is 5.95 Å². The van der Waals surface area contributed by atoms with Gasteiger partial charge in [0.25, 0.3) is 0 Å². The Morgan fingerprint density at radius 1 is 1.03 bits per heavy atom. The van der Waals surface area contributed by atoms with Crippen LogP contribution < -0.4 is 15.5 Å².